The maximum atomic E-state index is 12.1. The molecule has 0 fully saturated rings. The zero-order chi connectivity index (χ0) is 17.8. The van der Waals surface area contributed by atoms with Crippen molar-refractivity contribution in [3.63, 3.8) is 0 Å². The zero-order valence-corrected chi connectivity index (χ0v) is 14.2. The zero-order valence-electron chi connectivity index (χ0n) is 14.2. The molecule has 6 heteroatoms. The number of para-hydroxylation sites is 2. The minimum Gasteiger partial charge on any atom is -0.347 e. The standard InChI is InChI=1S/C19H20N4O2/c1-12-7-8-14(9-13(12)2)19(25)21-11-18(24)20-10-17-22-15-5-3-4-6-16(15)23-17/h3-9H,10-11H2,1-2H3,(H,20,24)(H,21,25)(H,22,23). The first-order valence-electron chi connectivity index (χ1n) is 8.09. The Morgan fingerprint density at radius 1 is 1.04 bits per heavy atom. The van der Waals surface area contributed by atoms with Crippen molar-refractivity contribution >= 4 is 22.8 Å². The van der Waals surface area contributed by atoms with Gasteiger partial charge in [-0.05, 0) is 49.2 Å². The number of aromatic nitrogens is 2. The largest absolute Gasteiger partial charge is 0.347 e. The second-order valence-electron chi connectivity index (χ2n) is 5.96. The van der Waals surface area contributed by atoms with Gasteiger partial charge >= 0.3 is 0 Å². The molecule has 0 atom stereocenters. The topological polar surface area (TPSA) is 86.9 Å². The third-order valence-electron chi connectivity index (χ3n) is 4.07. The van der Waals surface area contributed by atoms with Gasteiger partial charge in [0.25, 0.3) is 5.91 Å². The van der Waals surface area contributed by atoms with Gasteiger partial charge in [0.15, 0.2) is 0 Å². The van der Waals surface area contributed by atoms with Crippen LogP contribution >= 0.6 is 0 Å². The van der Waals surface area contributed by atoms with Gasteiger partial charge in [0, 0.05) is 5.56 Å². The fourth-order valence-electron chi connectivity index (χ4n) is 2.48. The molecular formula is C19H20N4O2. The van der Waals surface area contributed by atoms with Crippen LogP contribution in [0, 0.1) is 13.8 Å². The summed E-state index contributed by atoms with van der Waals surface area (Å²) in [6.07, 6.45) is 0. The number of benzene rings is 2. The van der Waals surface area contributed by atoms with Gasteiger partial charge in [-0.1, -0.05) is 18.2 Å². The Bertz CT molecular complexity index is 897. The van der Waals surface area contributed by atoms with Crippen LogP contribution in [0.3, 0.4) is 0 Å². The fraction of sp³-hybridized carbons (Fsp3) is 0.211. The van der Waals surface area contributed by atoms with E-state index >= 15 is 0 Å². The third kappa shape index (κ3) is 4.03. The lowest BCUT2D eigenvalue weighted by molar-refractivity contribution is -0.120. The van der Waals surface area contributed by atoms with Crippen molar-refractivity contribution in [2.24, 2.45) is 0 Å². The summed E-state index contributed by atoms with van der Waals surface area (Å²) in [5.74, 6) is 0.148. The first-order valence-corrected chi connectivity index (χ1v) is 8.09. The molecule has 0 aliphatic rings. The number of nitrogens with one attached hydrogen (secondary N) is 3. The summed E-state index contributed by atoms with van der Waals surface area (Å²) in [4.78, 5) is 31.5. The van der Waals surface area contributed by atoms with Gasteiger partial charge in [-0.3, -0.25) is 9.59 Å². The average molecular weight is 336 g/mol. The van der Waals surface area contributed by atoms with E-state index in [1.165, 1.54) is 0 Å². The number of aromatic amines is 1. The number of imidazole rings is 1. The third-order valence-corrected chi connectivity index (χ3v) is 4.07. The molecule has 0 unspecified atom stereocenters. The Morgan fingerprint density at radius 2 is 1.84 bits per heavy atom. The minimum atomic E-state index is -0.266. The van der Waals surface area contributed by atoms with Crippen LogP contribution in [0.25, 0.3) is 11.0 Å². The molecule has 0 aliphatic carbocycles. The summed E-state index contributed by atoms with van der Waals surface area (Å²) < 4.78 is 0. The van der Waals surface area contributed by atoms with Gasteiger partial charge in [-0.25, -0.2) is 4.98 Å². The Morgan fingerprint density at radius 3 is 2.60 bits per heavy atom. The number of amides is 2. The Balaban J connectivity index is 1.50. The van der Waals surface area contributed by atoms with E-state index in [1.807, 2.05) is 50.2 Å². The second kappa shape index (κ2) is 7.17. The molecule has 0 bridgehead atoms. The summed E-state index contributed by atoms with van der Waals surface area (Å²) in [6, 6.07) is 13.1. The molecule has 3 N–H and O–H groups in total. The maximum absolute atomic E-state index is 12.1. The van der Waals surface area contributed by atoms with E-state index in [0.29, 0.717) is 11.4 Å². The molecule has 6 nitrogen and oxygen atoms in total. The van der Waals surface area contributed by atoms with Gasteiger partial charge in [0.2, 0.25) is 5.91 Å². The number of rotatable bonds is 5. The normalized spacial score (nSPS) is 10.6. The number of hydrogen-bond acceptors (Lipinski definition) is 3. The van der Waals surface area contributed by atoms with Gasteiger partial charge < -0.3 is 15.6 Å². The fourth-order valence-corrected chi connectivity index (χ4v) is 2.48. The van der Waals surface area contributed by atoms with Crippen LogP contribution in [0.1, 0.15) is 27.3 Å². The molecule has 25 heavy (non-hydrogen) atoms. The van der Waals surface area contributed by atoms with Gasteiger partial charge in [0.05, 0.1) is 24.1 Å². The summed E-state index contributed by atoms with van der Waals surface area (Å²) >= 11 is 0. The van der Waals surface area contributed by atoms with E-state index in [2.05, 4.69) is 20.6 Å². The van der Waals surface area contributed by atoms with Crippen LogP contribution in [0.5, 0.6) is 0 Å². The molecule has 1 aromatic heterocycles. The van der Waals surface area contributed by atoms with Crippen molar-refractivity contribution in [3.8, 4) is 0 Å². The summed E-state index contributed by atoms with van der Waals surface area (Å²) in [6.45, 7) is 4.15. The smallest absolute Gasteiger partial charge is 0.251 e. The predicted octanol–water partition coefficient (Wildman–Crippen LogP) is 2.23. The average Bonchev–Trinajstić information content (AvgIpc) is 3.03. The van der Waals surface area contributed by atoms with Crippen LogP contribution < -0.4 is 10.6 Å². The minimum absolute atomic E-state index is 0.0774. The van der Waals surface area contributed by atoms with Crippen LogP contribution in [0.15, 0.2) is 42.5 Å². The number of nitrogens with zero attached hydrogens (tertiary/aromatic N) is 1. The van der Waals surface area contributed by atoms with Crippen LogP contribution in [-0.4, -0.2) is 28.3 Å². The molecule has 0 radical (unpaired) electrons. The summed E-state index contributed by atoms with van der Waals surface area (Å²) in [5.41, 5.74) is 4.50. The lowest BCUT2D eigenvalue weighted by Crippen LogP contribution is -2.36. The molecule has 128 valence electrons. The van der Waals surface area contributed by atoms with E-state index in [9.17, 15) is 9.59 Å². The molecule has 0 saturated carbocycles. The maximum Gasteiger partial charge on any atom is 0.251 e. The van der Waals surface area contributed by atoms with Gasteiger partial charge in [0.1, 0.15) is 5.82 Å². The number of carbonyl (C=O) groups is 2. The SMILES string of the molecule is Cc1ccc(C(=O)NCC(=O)NCc2nc3ccccc3[nH]2)cc1C. The highest BCUT2D eigenvalue weighted by molar-refractivity contribution is 5.96. The quantitative estimate of drug-likeness (QED) is 0.668. The Hall–Kier alpha value is -3.15. The monoisotopic (exact) mass is 336 g/mol. The first-order chi connectivity index (χ1) is 12.0. The number of carbonyl (C=O) groups excluding carboxylic acids is 2. The highest BCUT2D eigenvalue weighted by atomic mass is 16.2. The number of hydrogen-bond donors (Lipinski definition) is 3. The van der Waals surface area contributed by atoms with Crippen molar-refractivity contribution in [3.05, 3.63) is 65.0 Å². The van der Waals surface area contributed by atoms with Gasteiger partial charge in [-0.15, -0.1) is 0 Å². The second-order valence-corrected chi connectivity index (χ2v) is 5.96. The van der Waals surface area contributed by atoms with E-state index < -0.39 is 0 Å². The van der Waals surface area contributed by atoms with Crippen molar-refractivity contribution in [1.29, 1.82) is 0 Å². The van der Waals surface area contributed by atoms with Gasteiger partial charge in [-0.2, -0.15) is 0 Å². The van der Waals surface area contributed by atoms with Crippen LogP contribution in [-0.2, 0) is 11.3 Å². The van der Waals surface area contributed by atoms with Crippen molar-refractivity contribution in [1.82, 2.24) is 20.6 Å². The molecule has 2 amide bonds. The lowest BCUT2D eigenvalue weighted by Gasteiger charge is -2.07. The number of H-pyrrole nitrogens is 1. The number of aryl methyl sites for hydroxylation is 2. The van der Waals surface area contributed by atoms with Crippen molar-refractivity contribution < 1.29 is 9.59 Å². The first kappa shape index (κ1) is 16.7. The molecule has 0 aliphatic heterocycles. The molecular weight excluding hydrogens is 316 g/mol. The molecule has 1 heterocycles. The molecule has 3 rings (SSSR count). The lowest BCUT2D eigenvalue weighted by atomic mass is 10.1. The van der Waals surface area contributed by atoms with E-state index in [1.54, 1.807) is 6.07 Å². The summed E-state index contributed by atoms with van der Waals surface area (Å²) in [5, 5.41) is 5.37. The van der Waals surface area contributed by atoms with E-state index in [4.69, 9.17) is 0 Å². The predicted molar refractivity (Wildman–Crippen MR) is 96.2 cm³/mol. The van der Waals surface area contributed by atoms with Crippen LogP contribution in [0.4, 0.5) is 0 Å². The van der Waals surface area contributed by atoms with Crippen LogP contribution in [0.2, 0.25) is 0 Å². The van der Waals surface area contributed by atoms with Crippen molar-refractivity contribution in [2.45, 2.75) is 20.4 Å². The van der Waals surface area contributed by atoms with Crippen molar-refractivity contribution in [2.75, 3.05) is 6.54 Å². The Kier molecular flexibility index (Phi) is 4.79. The molecule has 2 aromatic carbocycles. The summed E-state index contributed by atoms with van der Waals surface area (Å²) in [7, 11) is 0. The van der Waals surface area contributed by atoms with E-state index in [0.717, 1.165) is 22.2 Å². The molecule has 3 aromatic rings. The highest BCUT2D eigenvalue weighted by Crippen LogP contribution is 2.10. The molecule has 0 saturated heterocycles. The number of fused-ring (bicyclic) bond motifs is 1. The van der Waals surface area contributed by atoms with E-state index in [-0.39, 0.29) is 24.9 Å². The highest BCUT2D eigenvalue weighted by Gasteiger charge is 2.09. The molecule has 0 spiro atoms. The Labute approximate surface area is 145 Å².